The molecule has 0 N–H and O–H groups in total. The van der Waals surface area contributed by atoms with Gasteiger partial charge in [-0.1, -0.05) is 0 Å². The molecule has 1 aromatic heterocycles. The monoisotopic (exact) mass is 221 g/mol. The molecule has 86 valence electrons. The molecule has 0 aliphatic carbocycles. The number of carbonyl (C=O) groups is 1. The lowest BCUT2D eigenvalue weighted by atomic mass is 9.96. The van der Waals surface area contributed by atoms with E-state index in [1.807, 2.05) is 6.92 Å². The summed E-state index contributed by atoms with van der Waals surface area (Å²) in [5, 5.41) is 0. The van der Waals surface area contributed by atoms with Gasteiger partial charge in [0.1, 0.15) is 6.33 Å². The van der Waals surface area contributed by atoms with Gasteiger partial charge in [-0.05, 0) is 6.92 Å². The Hall–Kier alpha value is -1.65. The van der Waals surface area contributed by atoms with E-state index in [0.717, 1.165) is 18.8 Å². The van der Waals surface area contributed by atoms with E-state index in [4.69, 9.17) is 4.74 Å². The summed E-state index contributed by atoms with van der Waals surface area (Å²) in [5.74, 6) is 0.302. The molecule has 0 radical (unpaired) electrons. The fourth-order valence-corrected chi connectivity index (χ4v) is 1.82. The molecule has 5 nitrogen and oxygen atoms in total. The number of carbonyl (C=O) groups excluding carboxylic acids is 1. The Bertz CT molecular complexity index is 350. The van der Waals surface area contributed by atoms with Crippen molar-refractivity contribution in [3.8, 4) is 0 Å². The van der Waals surface area contributed by atoms with E-state index in [0.29, 0.717) is 18.9 Å². The first kappa shape index (κ1) is 10.9. The van der Waals surface area contributed by atoms with Crippen LogP contribution in [0.3, 0.4) is 0 Å². The number of esters is 1. The van der Waals surface area contributed by atoms with Crippen LogP contribution in [-0.4, -0.2) is 35.6 Å². The third-order valence-electron chi connectivity index (χ3n) is 2.63. The van der Waals surface area contributed by atoms with Gasteiger partial charge < -0.3 is 9.64 Å². The Kier molecular flexibility index (Phi) is 3.34. The number of rotatable bonds is 4. The fraction of sp³-hybridized carbons (Fsp3) is 0.545. The molecule has 16 heavy (non-hydrogen) atoms. The molecule has 5 heteroatoms. The average Bonchev–Trinajstić information content (AvgIpc) is 2.24. The van der Waals surface area contributed by atoms with Gasteiger partial charge in [0.05, 0.1) is 31.1 Å². The highest BCUT2D eigenvalue weighted by Gasteiger charge is 2.29. The summed E-state index contributed by atoms with van der Waals surface area (Å²) in [4.78, 5) is 21.3. The zero-order valence-electron chi connectivity index (χ0n) is 9.30. The van der Waals surface area contributed by atoms with Crippen LogP contribution in [0.25, 0.3) is 0 Å². The normalized spacial score (nSPS) is 15.7. The quantitative estimate of drug-likeness (QED) is 0.706. The number of ether oxygens (including phenoxy) is 1. The van der Waals surface area contributed by atoms with Crippen LogP contribution in [0.1, 0.15) is 13.3 Å². The third-order valence-corrected chi connectivity index (χ3v) is 2.63. The van der Waals surface area contributed by atoms with Gasteiger partial charge in [-0.25, -0.2) is 9.97 Å². The van der Waals surface area contributed by atoms with Crippen LogP contribution in [-0.2, 0) is 9.53 Å². The molecular weight excluding hydrogens is 206 g/mol. The van der Waals surface area contributed by atoms with Gasteiger partial charge in [-0.3, -0.25) is 4.79 Å². The van der Waals surface area contributed by atoms with Crippen LogP contribution in [0.15, 0.2) is 18.7 Å². The molecule has 0 spiro atoms. The van der Waals surface area contributed by atoms with Crippen LogP contribution in [0.5, 0.6) is 0 Å². The Morgan fingerprint density at radius 2 is 2.19 bits per heavy atom. The van der Waals surface area contributed by atoms with Gasteiger partial charge in [0.25, 0.3) is 0 Å². The SMILES string of the molecule is CCOC(=O)CC1CN(c2cncnc2)C1. The lowest BCUT2D eigenvalue weighted by molar-refractivity contribution is -0.144. The van der Waals surface area contributed by atoms with E-state index in [2.05, 4.69) is 14.9 Å². The minimum atomic E-state index is -0.100. The van der Waals surface area contributed by atoms with Crippen molar-refractivity contribution in [1.82, 2.24) is 9.97 Å². The molecule has 1 fully saturated rings. The van der Waals surface area contributed by atoms with Crippen LogP contribution >= 0.6 is 0 Å². The van der Waals surface area contributed by atoms with Crippen LogP contribution in [0, 0.1) is 5.92 Å². The lowest BCUT2D eigenvalue weighted by Crippen LogP contribution is -2.47. The predicted octanol–water partition coefficient (Wildman–Crippen LogP) is 0.866. The van der Waals surface area contributed by atoms with Crippen LogP contribution < -0.4 is 4.90 Å². The van der Waals surface area contributed by atoms with Crippen molar-refractivity contribution in [2.45, 2.75) is 13.3 Å². The molecule has 1 aliphatic rings. The van der Waals surface area contributed by atoms with Gasteiger partial charge in [-0.2, -0.15) is 0 Å². The summed E-state index contributed by atoms with van der Waals surface area (Å²) in [7, 11) is 0. The van der Waals surface area contributed by atoms with Crippen molar-refractivity contribution in [2.24, 2.45) is 5.92 Å². The van der Waals surface area contributed by atoms with Gasteiger partial charge in [0, 0.05) is 19.0 Å². The number of anilines is 1. The van der Waals surface area contributed by atoms with E-state index in [1.54, 1.807) is 12.4 Å². The standard InChI is InChI=1S/C11H15N3O2/c1-2-16-11(15)3-9-6-14(7-9)10-4-12-8-13-5-10/h4-5,8-9H,2-3,6-7H2,1H3. The number of hydrogen-bond donors (Lipinski definition) is 0. The maximum atomic E-state index is 11.2. The van der Waals surface area contributed by atoms with Crippen molar-refractivity contribution in [3.05, 3.63) is 18.7 Å². The molecule has 0 aromatic carbocycles. The van der Waals surface area contributed by atoms with Crippen molar-refractivity contribution < 1.29 is 9.53 Å². The van der Waals surface area contributed by atoms with E-state index in [1.165, 1.54) is 6.33 Å². The molecule has 2 rings (SSSR count). The van der Waals surface area contributed by atoms with Gasteiger partial charge >= 0.3 is 5.97 Å². The average molecular weight is 221 g/mol. The molecular formula is C11H15N3O2. The number of nitrogens with zero attached hydrogens (tertiary/aromatic N) is 3. The first-order chi connectivity index (χ1) is 7.79. The second-order valence-electron chi connectivity index (χ2n) is 3.88. The van der Waals surface area contributed by atoms with E-state index in [9.17, 15) is 4.79 Å². The molecule has 2 heterocycles. The summed E-state index contributed by atoms with van der Waals surface area (Å²) < 4.78 is 4.91. The van der Waals surface area contributed by atoms with Crippen molar-refractivity contribution in [2.75, 3.05) is 24.6 Å². The molecule has 0 unspecified atom stereocenters. The highest BCUT2D eigenvalue weighted by Crippen LogP contribution is 2.25. The molecule has 0 amide bonds. The summed E-state index contributed by atoms with van der Waals surface area (Å²) in [6, 6.07) is 0. The number of aromatic nitrogens is 2. The van der Waals surface area contributed by atoms with Crippen molar-refractivity contribution in [3.63, 3.8) is 0 Å². The molecule has 0 bridgehead atoms. The summed E-state index contributed by atoms with van der Waals surface area (Å²) >= 11 is 0. The maximum Gasteiger partial charge on any atom is 0.306 e. The largest absolute Gasteiger partial charge is 0.466 e. The van der Waals surface area contributed by atoms with Gasteiger partial charge in [-0.15, -0.1) is 0 Å². The highest BCUT2D eigenvalue weighted by molar-refractivity contribution is 5.70. The van der Waals surface area contributed by atoms with E-state index >= 15 is 0 Å². The van der Waals surface area contributed by atoms with Crippen LogP contribution in [0.4, 0.5) is 5.69 Å². The van der Waals surface area contributed by atoms with Gasteiger partial charge in [0.15, 0.2) is 0 Å². The minimum Gasteiger partial charge on any atom is -0.466 e. The Balaban J connectivity index is 1.76. The maximum absolute atomic E-state index is 11.2. The van der Waals surface area contributed by atoms with Crippen LogP contribution in [0.2, 0.25) is 0 Å². The molecule has 0 atom stereocenters. The van der Waals surface area contributed by atoms with Gasteiger partial charge in [0.2, 0.25) is 0 Å². The summed E-state index contributed by atoms with van der Waals surface area (Å²) in [6.07, 6.45) is 5.60. The first-order valence-electron chi connectivity index (χ1n) is 5.45. The predicted molar refractivity (Wildman–Crippen MR) is 59.0 cm³/mol. The minimum absolute atomic E-state index is 0.100. The highest BCUT2D eigenvalue weighted by atomic mass is 16.5. The molecule has 1 aliphatic heterocycles. The first-order valence-corrected chi connectivity index (χ1v) is 5.45. The number of hydrogen-bond acceptors (Lipinski definition) is 5. The zero-order chi connectivity index (χ0) is 11.4. The molecule has 1 aromatic rings. The lowest BCUT2D eigenvalue weighted by Gasteiger charge is -2.40. The fourth-order valence-electron chi connectivity index (χ4n) is 1.82. The smallest absolute Gasteiger partial charge is 0.306 e. The summed E-state index contributed by atoms with van der Waals surface area (Å²) in [5.41, 5.74) is 1.02. The summed E-state index contributed by atoms with van der Waals surface area (Å²) in [6.45, 7) is 4.05. The topological polar surface area (TPSA) is 55.3 Å². The van der Waals surface area contributed by atoms with E-state index < -0.39 is 0 Å². The third kappa shape index (κ3) is 2.48. The van der Waals surface area contributed by atoms with Crippen molar-refractivity contribution in [1.29, 1.82) is 0 Å². The second-order valence-corrected chi connectivity index (χ2v) is 3.88. The Labute approximate surface area is 94.5 Å². The zero-order valence-corrected chi connectivity index (χ0v) is 9.30. The van der Waals surface area contributed by atoms with E-state index in [-0.39, 0.29) is 5.97 Å². The molecule has 1 saturated heterocycles. The Morgan fingerprint density at radius 3 is 2.81 bits per heavy atom. The molecule has 0 saturated carbocycles. The Morgan fingerprint density at radius 1 is 1.50 bits per heavy atom. The second kappa shape index (κ2) is 4.92. The van der Waals surface area contributed by atoms with Crippen molar-refractivity contribution >= 4 is 11.7 Å².